The number of hydrogen-bond donors (Lipinski definition) is 2. The molecule has 0 saturated carbocycles. The van der Waals surface area contributed by atoms with Crippen LogP contribution in [0.2, 0.25) is 0 Å². The van der Waals surface area contributed by atoms with Crippen LogP contribution in [-0.4, -0.2) is 54.7 Å². The minimum atomic E-state index is 0.422. The lowest BCUT2D eigenvalue weighted by Crippen LogP contribution is -2.48. The molecule has 1 atom stereocenters. The van der Waals surface area contributed by atoms with Gasteiger partial charge in [0, 0.05) is 50.9 Å². The minimum absolute atomic E-state index is 0.422. The summed E-state index contributed by atoms with van der Waals surface area (Å²) < 4.78 is 5.79. The Kier molecular flexibility index (Phi) is 7.19. The molecule has 2 aromatic rings. The number of rotatable bonds is 6. The Morgan fingerprint density at radius 2 is 1.97 bits per heavy atom. The van der Waals surface area contributed by atoms with E-state index in [-0.39, 0.29) is 0 Å². The highest BCUT2D eigenvalue weighted by Gasteiger charge is 2.22. The van der Waals surface area contributed by atoms with Crippen molar-refractivity contribution in [2.45, 2.75) is 44.7 Å². The molecule has 2 aliphatic rings. The molecule has 4 rings (SSSR count). The fraction of sp³-hybridized carbons (Fsp3) is 0.500. The molecule has 160 valence electrons. The Hall–Kier alpha value is -2.60. The normalized spacial score (nSPS) is 20.3. The van der Waals surface area contributed by atoms with Crippen LogP contribution in [-0.2, 0) is 6.54 Å². The SMILES string of the molecule is CCNC(=NCC1CCOc2ccccc21)NC1CCN(Cc2ccccn2)CC1. The molecule has 2 N–H and O–H groups in total. The molecular formula is C24H33N5O. The number of aromatic nitrogens is 1. The maximum atomic E-state index is 5.79. The van der Waals surface area contributed by atoms with Crippen molar-refractivity contribution in [2.75, 3.05) is 32.8 Å². The minimum Gasteiger partial charge on any atom is -0.493 e. The highest BCUT2D eigenvalue weighted by molar-refractivity contribution is 5.80. The summed E-state index contributed by atoms with van der Waals surface area (Å²) in [7, 11) is 0. The number of aliphatic imine (C=N–C) groups is 1. The largest absolute Gasteiger partial charge is 0.493 e. The van der Waals surface area contributed by atoms with Crippen molar-refractivity contribution in [3.05, 3.63) is 59.9 Å². The zero-order valence-corrected chi connectivity index (χ0v) is 17.9. The van der Waals surface area contributed by atoms with E-state index in [1.54, 1.807) is 0 Å². The molecule has 2 aliphatic heterocycles. The molecule has 30 heavy (non-hydrogen) atoms. The molecule has 0 bridgehead atoms. The van der Waals surface area contributed by atoms with E-state index in [9.17, 15) is 0 Å². The van der Waals surface area contributed by atoms with Crippen molar-refractivity contribution in [2.24, 2.45) is 4.99 Å². The van der Waals surface area contributed by atoms with Crippen molar-refractivity contribution in [3.8, 4) is 5.75 Å². The fourth-order valence-electron chi connectivity index (χ4n) is 4.28. The second-order valence-corrected chi connectivity index (χ2v) is 8.11. The van der Waals surface area contributed by atoms with E-state index < -0.39 is 0 Å². The van der Waals surface area contributed by atoms with Crippen molar-refractivity contribution < 1.29 is 4.74 Å². The van der Waals surface area contributed by atoms with Gasteiger partial charge in [-0.3, -0.25) is 14.9 Å². The van der Waals surface area contributed by atoms with Crippen LogP contribution < -0.4 is 15.4 Å². The van der Waals surface area contributed by atoms with Gasteiger partial charge in [0.25, 0.3) is 0 Å². The average Bonchev–Trinajstić information content (AvgIpc) is 2.79. The second kappa shape index (κ2) is 10.4. The first-order valence-electron chi connectivity index (χ1n) is 11.2. The topological polar surface area (TPSA) is 61.8 Å². The molecule has 1 unspecified atom stereocenters. The first kappa shape index (κ1) is 20.7. The van der Waals surface area contributed by atoms with Gasteiger partial charge in [0.15, 0.2) is 5.96 Å². The van der Waals surface area contributed by atoms with Crippen LogP contribution in [0.15, 0.2) is 53.7 Å². The molecule has 6 heteroatoms. The van der Waals surface area contributed by atoms with Crippen LogP contribution in [0.1, 0.15) is 43.4 Å². The van der Waals surface area contributed by atoms with Gasteiger partial charge < -0.3 is 15.4 Å². The van der Waals surface area contributed by atoms with Crippen LogP contribution in [0.25, 0.3) is 0 Å². The highest BCUT2D eigenvalue weighted by atomic mass is 16.5. The summed E-state index contributed by atoms with van der Waals surface area (Å²) in [6, 6.07) is 15.0. The van der Waals surface area contributed by atoms with Crippen LogP contribution in [0, 0.1) is 0 Å². The van der Waals surface area contributed by atoms with Gasteiger partial charge >= 0.3 is 0 Å². The van der Waals surface area contributed by atoms with Gasteiger partial charge in [-0.2, -0.15) is 0 Å². The molecule has 6 nitrogen and oxygen atoms in total. The van der Waals surface area contributed by atoms with E-state index in [1.807, 2.05) is 18.3 Å². The van der Waals surface area contributed by atoms with E-state index in [0.717, 1.165) is 76.0 Å². The number of nitrogens with zero attached hydrogens (tertiary/aromatic N) is 3. The number of likely N-dealkylation sites (tertiary alicyclic amines) is 1. The molecule has 0 aliphatic carbocycles. The molecule has 1 saturated heterocycles. The third kappa shape index (κ3) is 5.51. The predicted octanol–water partition coefficient (Wildman–Crippen LogP) is 3.17. The summed E-state index contributed by atoms with van der Waals surface area (Å²) >= 11 is 0. The van der Waals surface area contributed by atoms with Crippen LogP contribution in [0.3, 0.4) is 0 Å². The maximum absolute atomic E-state index is 5.79. The molecule has 1 fully saturated rings. The zero-order chi connectivity index (χ0) is 20.6. The standard InChI is InChI=1S/C24H33N5O/c1-2-25-24(27-17-19-12-16-30-23-9-4-3-8-22(19)23)28-20-10-14-29(15-11-20)18-21-7-5-6-13-26-21/h3-9,13,19-20H,2,10-12,14-18H2,1H3,(H2,25,27,28). The number of hydrogen-bond acceptors (Lipinski definition) is 4. The number of ether oxygens (including phenoxy) is 1. The number of pyridine rings is 1. The number of para-hydroxylation sites is 1. The Balaban J connectivity index is 1.30. The average molecular weight is 408 g/mol. The third-order valence-electron chi connectivity index (χ3n) is 5.94. The lowest BCUT2D eigenvalue weighted by Gasteiger charge is -2.33. The lowest BCUT2D eigenvalue weighted by molar-refractivity contribution is 0.196. The summed E-state index contributed by atoms with van der Waals surface area (Å²) in [4.78, 5) is 11.9. The van der Waals surface area contributed by atoms with Crippen molar-refractivity contribution in [1.29, 1.82) is 0 Å². The third-order valence-corrected chi connectivity index (χ3v) is 5.94. The Labute approximate surface area is 179 Å². The van der Waals surface area contributed by atoms with Crippen molar-refractivity contribution in [3.63, 3.8) is 0 Å². The van der Waals surface area contributed by atoms with Crippen LogP contribution in [0.5, 0.6) is 5.75 Å². The lowest BCUT2D eigenvalue weighted by atomic mass is 9.93. The number of benzene rings is 1. The van der Waals surface area contributed by atoms with E-state index in [0.29, 0.717) is 12.0 Å². The monoisotopic (exact) mass is 407 g/mol. The molecule has 1 aromatic carbocycles. The summed E-state index contributed by atoms with van der Waals surface area (Å²) in [6.07, 6.45) is 5.14. The number of fused-ring (bicyclic) bond motifs is 1. The van der Waals surface area contributed by atoms with Crippen molar-refractivity contribution in [1.82, 2.24) is 20.5 Å². The summed E-state index contributed by atoms with van der Waals surface area (Å²) in [5, 5.41) is 7.10. The van der Waals surface area contributed by atoms with Crippen molar-refractivity contribution >= 4 is 5.96 Å². The quantitative estimate of drug-likeness (QED) is 0.569. The predicted molar refractivity (Wildman–Crippen MR) is 121 cm³/mol. The van der Waals surface area contributed by atoms with Gasteiger partial charge in [0.05, 0.1) is 12.3 Å². The number of guanidine groups is 1. The smallest absolute Gasteiger partial charge is 0.191 e. The maximum Gasteiger partial charge on any atom is 0.191 e. The van der Waals surface area contributed by atoms with Gasteiger partial charge in [-0.15, -0.1) is 0 Å². The van der Waals surface area contributed by atoms with Crippen LogP contribution >= 0.6 is 0 Å². The summed E-state index contributed by atoms with van der Waals surface area (Å²) in [5.74, 6) is 2.37. The first-order valence-corrected chi connectivity index (χ1v) is 11.2. The fourth-order valence-corrected chi connectivity index (χ4v) is 4.28. The Morgan fingerprint density at radius 1 is 1.13 bits per heavy atom. The Bertz CT molecular complexity index is 817. The zero-order valence-electron chi connectivity index (χ0n) is 17.9. The summed E-state index contributed by atoms with van der Waals surface area (Å²) in [6.45, 7) is 7.65. The molecular weight excluding hydrogens is 374 g/mol. The molecule has 0 radical (unpaired) electrons. The van der Waals surface area contributed by atoms with Crippen LogP contribution in [0.4, 0.5) is 0 Å². The van der Waals surface area contributed by atoms with E-state index >= 15 is 0 Å². The van der Waals surface area contributed by atoms with E-state index in [4.69, 9.17) is 9.73 Å². The van der Waals surface area contributed by atoms with E-state index in [2.05, 4.69) is 57.8 Å². The second-order valence-electron chi connectivity index (χ2n) is 8.11. The summed E-state index contributed by atoms with van der Waals surface area (Å²) in [5.41, 5.74) is 2.43. The van der Waals surface area contributed by atoms with Gasteiger partial charge in [0.1, 0.15) is 5.75 Å². The number of piperidine rings is 1. The van der Waals surface area contributed by atoms with E-state index in [1.165, 1.54) is 5.56 Å². The first-order chi connectivity index (χ1) is 14.8. The molecule has 1 aromatic heterocycles. The highest BCUT2D eigenvalue weighted by Crippen LogP contribution is 2.33. The Morgan fingerprint density at radius 3 is 2.77 bits per heavy atom. The van der Waals surface area contributed by atoms with Gasteiger partial charge in [-0.05, 0) is 49.9 Å². The number of nitrogens with one attached hydrogen (secondary N) is 2. The molecule has 0 amide bonds. The molecule has 3 heterocycles. The van der Waals surface area contributed by atoms with Gasteiger partial charge in [-0.25, -0.2) is 0 Å². The molecule has 0 spiro atoms. The van der Waals surface area contributed by atoms with Gasteiger partial charge in [0.2, 0.25) is 0 Å². The van der Waals surface area contributed by atoms with Gasteiger partial charge in [-0.1, -0.05) is 24.3 Å².